The molecule has 5 nitrogen and oxygen atoms in total. The number of nitrogens with zero attached hydrogens (tertiary/aromatic N) is 3. The van der Waals surface area contributed by atoms with Gasteiger partial charge in [-0.15, -0.1) is 5.10 Å². The van der Waals surface area contributed by atoms with E-state index in [4.69, 9.17) is 4.42 Å². The van der Waals surface area contributed by atoms with Gasteiger partial charge in [-0.05, 0) is 28.1 Å². The third-order valence-corrected chi connectivity index (χ3v) is 2.46. The van der Waals surface area contributed by atoms with Crippen molar-refractivity contribution < 1.29 is 9.52 Å². The number of aliphatic hydroxyl groups excluding tert-OH is 1. The molecule has 14 heavy (non-hydrogen) atoms. The first-order valence-electron chi connectivity index (χ1n) is 3.96. The molecule has 0 saturated heterocycles. The number of aliphatic hydroxyl groups is 1. The first kappa shape index (κ1) is 9.42. The van der Waals surface area contributed by atoms with Crippen LogP contribution in [0, 0.1) is 0 Å². The number of aromatic nitrogens is 3. The Morgan fingerprint density at radius 3 is 2.93 bits per heavy atom. The van der Waals surface area contributed by atoms with Gasteiger partial charge in [0.15, 0.2) is 10.7 Å². The number of halogens is 1. The van der Waals surface area contributed by atoms with E-state index in [2.05, 4.69) is 26.2 Å². The lowest BCUT2D eigenvalue weighted by Crippen LogP contribution is -2.06. The number of hydrogen-bond donors (Lipinski definition) is 1. The molecule has 0 aliphatic heterocycles. The van der Waals surface area contributed by atoms with Gasteiger partial charge in [0.05, 0.1) is 6.26 Å². The highest BCUT2D eigenvalue weighted by molar-refractivity contribution is 9.10. The average Bonchev–Trinajstić information content (AvgIpc) is 2.75. The quantitative estimate of drug-likeness (QED) is 0.880. The smallest absolute Gasteiger partial charge is 0.156 e. The summed E-state index contributed by atoms with van der Waals surface area (Å²) in [6, 6.07) is 3.42. The summed E-state index contributed by atoms with van der Waals surface area (Å²) < 4.78 is 7.10. The molecule has 0 saturated carbocycles. The van der Waals surface area contributed by atoms with E-state index in [9.17, 15) is 5.11 Å². The second-order valence-electron chi connectivity index (χ2n) is 2.81. The first-order valence-corrected chi connectivity index (χ1v) is 4.76. The fourth-order valence-corrected chi connectivity index (χ4v) is 1.76. The molecule has 2 aromatic rings. The zero-order chi connectivity index (χ0) is 10.1. The van der Waals surface area contributed by atoms with Crippen LogP contribution in [0.4, 0.5) is 0 Å². The monoisotopic (exact) mass is 257 g/mol. The van der Waals surface area contributed by atoms with Gasteiger partial charge in [-0.25, -0.2) is 4.68 Å². The van der Waals surface area contributed by atoms with Crippen LogP contribution in [0.25, 0.3) is 0 Å². The van der Waals surface area contributed by atoms with Crippen molar-refractivity contribution in [1.29, 1.82) is 0 Å². The molecule has 0 spiro atoms. The van der Waals surface area contributed by atoms with Gasteiger partial charge in [0, 0.05) is 7.05 Å². The highest BCUT2D eigenvalue weighted by Crippen LogP contribution is 2.26. The van der Waals surface area contributed by atoms with Gasteiger partial charge >= 0.3 is 0 Å². The fraction of sp³-hybridized carbons (Fsp3) is 0.250. The predicted molar refractivity (Wildman–Crippen MR) is 51.5 cm³/mol. The Hall–Kier alpha value is -1.14. The van der Waals surface area contributed by atoms with Crippen molar-refractivity contribution in [2.75, 3.05) is 0 Å². The molecule has 0 aliphatic rings. The van der Waals surface area contributed by atoms with Crippen LogP contribution in [0.1, 0.15) is 17.6 Å². The summed E-state index contributed by atoms with van der Waals surface area (Å²) in [4.78, 5) is 0. The highest BCUT2D eigenvalue weighted by Gasteiger charge is 2.21. The normalized spacial score (nSPS) is 13.1. The summed E-state index contributed by atoms with van der Waals surface area (Å²) in [6.45, 7) is 0. The molecule has 0 amide bonds. The highest BCUT2D eigenvalue weighted by atomic mass is 79.9. The maximum Gasteiger partial charge on any atom is 0.156 e. The molecule has 0 aromatic carbocycles. The summed E-state index contributed by atoms with van der Waals surface area (Å²) in [6.07, 6.45) is 0.662. The Kier molecular flexibility index (Phi) is 2.39. The topological polar surface area (TPSA) is 64.1 Å². The van der Waals surface area contributed by atoms with Crippen LogP contribution in [0.2, 0.25) is 0 Å². The first-order chi connectivity index (χ1) is 6.70. The van der Waals surface area contributed by atoms with Gasteiger partial charge < -0.3 is 9.52 Å². The number of furan rings is 1. The molecular weight excluding hydrogens is 250 g/mol. The number of hydrogen-bond acceptors (Lipinski definition) is 4. The van der Waals surface area contributed by atoms with Crippen LogP contribution in [0.5, 0.6) is 0 Å². The Balaban J connectivity index is 2.41. The molecule has 1 atom stereocenters. The van der Waals surface area contributed by atoms with E-state index in [0.29, 0.717) is 16.1 Å². The van der Waals surface area contributed by atoms with Crippen LogP contribution >= 0.6 is 15.9 Å². The van der Waals surface area contributed by atoms with E-state index in [1.54, 1.807) is 19.2 Å². The minimum Gasteiger partial charge on any atom is -0.466 e. The molecular formula is C8H8BrN3O2. The standard InChI is InChI=1S/C8H8BrN3O2/c1-12-6(8(9)10-11-12)7(13)5-3-2-4-14-5/h2-4,7,13H,1H3. The Morgan fingerprint density at radius 2 is 2.43 bits per heavy atom. The van der Waals surface area contributed by atoms with Crippen LogP contribution in [0.3, 0.4) is 0 Å². The average molecular weight is 258 g/mol. The van der Waals surface area contributed by atoms with E-state index < -0.39 is 6.10 Å². The molecule has 0 fully saturated rings. The molecule has 0 bridgehead atoms. The molecule has 0 aliphatic carbocycles. The summed E-state index contributed by atoms with van der Waals surface area (Å²) in [7, 11) is 1.71. The van der Waals surface area contributed by atoms with Gasteiger partial charge in [-0.2, -0.15) is 0 Å². The fourth-order valence-electron chi connectivity index (χ4n) is 1.21. The van der Waals surface area contributed by atoms with Gasteiger partial charge in [0.2, 0.25) is 0 Å². The second kappa shape index (κ2) is 3.55. The lowest BCUT2D eigenvalue weighted by molar-refractivity contribution is 0.179. The van der Waals surface area contributed by atoms with Crippen molar-refractivity contribution in [2.24, 2.45) is 7.05 Å². The SMILES string of the molecule is Cn1nnc(Br)c1C(O)c1ccco1. The van der Waals surface area contributed by atoms with Gasteiger partial charge in [0.1, 0.15) is 11.5 Å². The summed E-state index contributed by atoms with van der Waals surface area (Å²) in [5.74, 6) is 0.469. The Bertz CT molecular complexity index is 404. The van der Waals surface area contributed by atoms with Crippen LogP contribution in [-0.2, 0) is 7.05 Å². The second-order valence-corrected chi connectivity index (χ2v) is 3.56. The number of aryl methyl sites for hydroxylation is 1. The summed E-state index contributed by atoms with van der Waals surface area (Å²) in [5, 5.41) is 17.4. The molecule has 1 N–H and O–H groups in total. The van der Waals surface area contributed by atoms with E-state index in [1.807, 2.05) is 0 Å². The summed E-state index contributed by atoms with van der Waals surface area (Å²) >= 11 is 3.21. The van der Waals surface area contributed by atoms with Gasteiger partial charge in [-0.3, -0.25) is 0 Å². The van der Waals surface area contributed by atoms with Crippen LogP contribution < -0.4 is 0 Å². The molecule has 74 valence electrons. The van der Waals surface area contributed by atoms with Crippen LogP contribution in [-0.4, -0.2) is 20.1 Å². The van der Waals surface area contributed by atoms with Crippen molar-refractivity contribution in [2.45, 2.75) is 6.10 Å². The van der Waals surface area contributed by atoms with Crippen LogP contribution in [0.15, 0.2) is 27.4 Å². The lowest BCUT2D eigenvalue weighted by Gasteiger charge is -2.07. The zero-order valence-corrected chi connectivity index (χ0v) is 8.97. The predicted octanol–water partition coefficient (Wildman–Crippen LogP) is 1.25. The van der Waals surface area contributed by atoms with E-state index in [1.165, 1.54) is 10.9 Å². The third-order valence-electron chi connectivity index (χ3n) is 1.90. The Morgan fingerprint density at radius 1 is 1.64 bits per heavy atom. The van der Waals surface area contributed by atoms with Crippen molar-refractivity contribution in [3.05, 3.63) is 34.5 Å². The molecule has 2 rings (SSSR count). The number of rotatable bonds is 2. The zero-order valence-electron chi connectivity index (χ0n) is 7.38. The third kappa shape index (κ3) is 1.46. The molecule has 1 unspecified atom stereocenters. The largest absolute Gasteiger partial charge is 0.466 e. The van der Waals surface area contributed by atoms with Gasteiger partial charge in [0.25, 0.3) is 0 Å². The minimum absolute atomic E-state index is 0.469. The van der Waals surface area contributed by atoms with Crippen molar-refractivity contribution in [1.82, 2.24) is 15.0 Å². The van der Waals surface area contributed by atoms with Gasteiger partial charge in [-0.1, -0.05) is 5.21 Å². The van der Waals surface area contributed by atoms with Crippen molar-refractivity contribution >= 4 is 15.9 Å². The molecule has 2 aromatic heterocycles. The van der Waals surface area contributed by atoms with E-state index in [-0.39, 0.29) is 0 Å². The molecule has 2 heterocycles. The maximum atomic E-state index is 9.91. The lowest BCUT2D eigenvalue weighted by atomic mass is 10.2. The minimum atomic E-state index is -0.848. The molecule has 6 heteroatoms. The van der Waals surface area contributed by atoms with E-state index >= 15 is 0 Å². The van der Waals surface area contributed by atoms with Crippen molar-refractivity contribution in [3.8, 4) is 0 Å². The molecule has 0 radical (unpaired) electrons. The van der Waals surface area contributed by atoms with E-state index in [0.717, 1.165) is 0 Å². The van der Waals surface area contributed by atoms with Crippen molar-refractivity contribution in [3.63, 3.8) is 0 Å². The summed E-state index contributed by atoms with van der Waals surface area (Å²) in [5.41, 5.74) is 0.569. The Labute approximate surface area is 88.5 Å². The maximum absolute atomic E-state index is 9.91.